The van der Waals surface area contributed by atoms with Gasteiger partial charge in [0.1, 0.15) is 30.8 Å². The van der Waals surface area contributed by atoms with E-state index in [1.54, 1.807) is 25.7 Å². The van der Waals surface area contributed by atoms with Gasteiger partial charge < -0.3 is 35.0 Å². The molecule has 1 aliphatic rings. The standard InChI is InChI=1S/C28H46N3O10PS2/c1-18(32)4-8-26(36)40-12-10-39-11-13-41-27(37)9-7-25(35)31-22(28(38)30-14-20(34)15-42)17-44-24-6-5-23(24)43-16-21(29-3)19(2)33/h21-24,29H,4-17,42H2,1-3H3,(H,30,38)(H,31,35)/i15T. The van der Waals surface area contributed by atoms with Gasteiger partial charge in [-0.25, -0.2) is 0 Å². The third-order valence-electron chi connectivity index (χ3n) is 6.44. The van der Waals surface area contributed by atoms with Gasteiger partial charge in [0, 0.05) is 42.4 Å². The SMILES string of the molecule is [3H]C(P)C(=O)CNC(=O)C(CSC1CCC1SCC(NC)C(C)=O)NC(=O)CCC(=O)OCCOCCOC(=O)CCC(C)=O. The summed E-state index contributed by atoms with van der Waals surface area (Å²) in [4.78, 5) is 83.4. The Morgan fingerprint density at radius 2 is 1.39 bits per heavy atom. The number of carbonyl (C=O) groups excluding carboxylic acids is 7. The molecular formula is C28H46N3O10PS2. The minimum atomic E-state index is -1.07. The molecule has 0 aromatic carbocycles. The van der Waals surface area contributed by atoms with Gasteiger partial charge in [-0.2, -0.15) is 23.5 Å². The molecule has 0 heterocycles. The van der Waals surface area contributed by atoms with Crippen molar-refractivity contribution in [2.45, 2.75) is 75.0 Å². The highest BCUT2D eigenvalue weighted by atomic mass is 32.2. The summed E-state index contributed by atoms with van der Waals surface area (Å²) in [6.07, 6.45) is 0.526. The minimum absolute atomic E-state index is 0.00402. The first-order valence-corrected chi connectivity index (χ1v) is 17.2. The molecule has 0 saturated heterocycles. The van der Waals surface area contributed by atoms with Crippen molar-refractivity contribution < 1.29 is 49.1 Å². The average molecular weight is 682 g/mol. The maximum Gasteiger partial charge on any atom is 0.306 e. The fourth-order valence-corrected chi connectivity index (χ4v) is 7.05. The number of rotatable bonds is 25. The molecule has 1 fully saturated rings. The molecule has 0 aromatic heterocycles. The van der Waals surface area contributed by atoms with Gasteiger partial charge in [0.05, 0.1) is 38.6 Å². The van der Waals surface area contributed by atoms with Crippen molar-refractivity contribution in [2.75, 3.05) is 57.7 Å². The summed E-state index contributed by atoms with van der Waals surface area (Å²) in [7, 11) is 3.79. The van der Waals surface area contributed by atoms with Crippen molar-refractivity contribution in [1.82, 2.24) is 16.0 Å². The molecule has 0 aromatic rings. The molecule has 0 aliphatic heterocycles. The second-order valence-electron chi connectivity index (χ2n) is 10.00. The average Bonchev–Trinajstić information content (AvgIpc) is 2.97. The van der Waals surface area contributed by atoms with Crippen molar-refractivity contribution in [3.63, 3.8) is 0 Å². The Kier molecular flexibility index (Phi) is 20.2. The van der Waals surface area contributed by atoms with E-state index in [1.807, 2.05) is 9.24 Å². The molecular weight excluding hydrogens is 633 g/mol. The Balaban J connectivity index is 2.45. The summed E-state index contributed by atoms with van der Waals surface area (Å²) < 4.78 is 22.6. The Morgan fingerprint density at radius 3 is 1.86 bits per heavy atom. The first-order chi connectivity index (χ1) is 21.3. The molecule has 6 atom stereocenters. The molecule has 0 spiro atoms. The molecule has 250 valence electrons. The molecule has 1 aliphatic carbocycles. The van der Waals surface area contributed by atoms with E-state index < -0.39 is 41.7 Å². The zero-order valence-corrected chi connectivity index (χ0v) is 28.3. The highest BCUT2D eigenvalue weighted by Crippen LogP contribution is 2.40. The maximum atomic E-state index is 12.9. The number of esters is 2. The van der Waals surface area contributed by atoms with Crippen LogP contribution in [0.25, 0.3) is 0 Å². The van der Waals surface area contributed by atoms with Crippen LogP contribution in [0.2, 0.25) is 0 Å². The molecule has 1 rings (SSSR count). The largest absolute Gasteiger partial charge is 0.463 e. The maximum absolute atomic E-state index is 12.9. The van der Waals surface area contributed by atoms with Crippen molar-refractivity contribution in [1.29, 1.82) is 0 Å². The van der Waals surface area contributed by atoms with Crippen molar-refractivity contribution in [2.24, 2.45) is 0 Å². The van der Waals surface area contributed by atoms with Gasteiger partial charge >= 0.3 is 11.9 Å². The lowest BCUT2D eigenvalue weighted by molar-refractivity contribution is -0.148. The van der Waals surface area contributed by atoms with E-state index in [2.05, 4.69) is 16.0 Å². The fraction of sp³-hybridized carbons (Fsp3) is 0.750. The van der Waals surface area contributed by atoms with E-state index in [1.165, 1.54) is 18.7 Å². The van der Waals surface area contributed by atoms with Crippen molar-refractivity contribution in [3.05, 3.63) is 0 Å². The summed E-state index contributed by atoms with van der Waals surface area (Å²) in [5, 5.41) is 8.67. The quantitative estimate of drug-likeness (QED) is 0.0687. The smallest absolute Gasteiger partial charge is 0.306 e. The van der Waals surface area contributed by atoms with Crippen LogP contribution in [0.15, 0.2) is 0 Å². The number of amides is 2. The number of ketones is 3. The number of ether oxygens (including phenoxy) is 3. The molecule has 2 amide bonds. The number of hydrogen-bond donors (Lipinski definition) is 3. The second-order valence-corrected chi connectivity index (χ2v) is 12.9. The van der Waals surface area contributed by atoms with E-state index >= 15 is 0 Å². The second kappa shape index (κ2) is 23.3. The molecule has 44 heavy (non-hydrogen) atoms. The van der Waals surface area contributed by atoms with E-state index in [0.29, 0.717) is 11.0 Å². The van der Waals surface area contributed by atoms with Gasteiger partial charge in [-0.05, 0) is 33.7 Å². The van der Waals surface area contributed by atoms with Gasteiger partial charge in [-0.1, -0.05) is 0 Å². The molecule has 16 heteroatoms. The Morgan fingerprint density at radius 1 is 0.841 bits per heavy atom. The van der Waals surface area contributed by atoms with E-state index in [4.69, 9.17) is 15.6 Å². The summed E-state index contributed by atoms with van der Waals surface area (Å²) in [5.41, 5.74) is 0. The van der Waals surface area contributed by atoms with Crippen LogP contribution in [0.1, 0.15) is 53.7 Å². The van der Waals surface area contributed by atoms with Gasteiger partial charge in [0.25, 0.3) is 0 Å². The lowest BCUT2D eigenvalue weighted by Crippen LogP contribution is -2.50. The van der Waals surface area contributed by atoms with Crippen LogP contribution in [0, 0.1) is 0 Å². The van der Waals surface area contributed by atoms with Gasteiger partial charge in [-0.3, -0.25) is 28.8 Å². The molecule has 0 radical (unpaired) electrons. The van der Waals surface area contributed by atoms with Crippen LogP contribution in [0.5, 0.6) is 0 Å². The fourth-order valence-electron chi connectivity index (χ4n) is 3.64. The third-order valence-corrected chi connectivity index (χ3v) is 10.0. The van der Waals surface area contributed by atoms with Crippen LogP contribution in [-0.4, -0.2) is 121 Å². The number of likely N-dealkylation sites (N-methyl/N-ethyl adjacent to an activating group) is 1. The lowest BCUT2D eigenvalue weighted by Gasteiger charge is -2.37. The summed E-state index contributed by atoms with van der Waals surface area (Å²) >= 11 is 3.23. The van der Waals surface area contributed by atoms with Gasteiger partial charge in [-0.15, -0.1) is 9.24 Å². The number of hydrogen-bond acceptors (Lipinski definition) is 13. The monoisotopic (exact) mass is 681 g/mol. The summed E-state index contributed by atoms with van der Waals surface area (Å²) in [6, 6.07) is -1.19. The zero-order valence-electron chi connectivity index (χ0n) is 26.6. The normalized spacial score (nSPS) is 18.0. The van der Waals surface area contributed by atoms with Crippen LogP contribution in [-0.2, 0) is 47.8 Å². The Bertz CT molecular complexity index is 1020. The van der Waals surface area contributed by atoms with E-state index in [0.717, 1.165) is 12.8 Å². The predicted molar refractivity (Wildman–Crippen MR) is 172 cm³/mol. The van der Waals surface area contributed by atoms with E-state index in [-0.39, 0.29) is 87.3 Å². The van der Waals surface area contributed by atoms with E-state index in [9.17, 15) is 33.6 Å². The Hall–Kier alpha value is -2.06. The molecule has 0 bridgehead atoms. The van der Waals surface area contributed by atoms with Crippen molar-refractivity contribution >= 4 is 73.9 Å². The summed E-state index contributed by atoms with van der Waals surface area (Å²) in [5.74, 6) is -1.88. The minimum Gasteiger partial charge on any atom is -0.463 e. The summed E-state index contributed by atoms with van der Waals surface area (Å²) in [6.45, 7) is 2.68. The van der Waals surface area contributed by atoms with Crippen molar-refractivity contribution in [3.8, 4) is 0 Å². The molecule has 1 saturated carbocycles. The topological polar surface area (TPSA) is 183 Å². The highest BCUT2D eigenvalue weighted by molar-refractivity contribution is 8.04. The first kappa shape index (κ1) is 38.1. The van der Waals surface area contributed by atoms with Gasteiger partial charge in [0.2, 0.25) is 11.8 Å². The van der Waals surface area contributed by atoms with Gasteiger partial charge in [0.15, 0.2) is 5.78 Å². The number of Topliss-reactive ketones (excluding diaryl/α,β-unsaturated/α-hetero) is 3. The van der Waals surface area contributed by atoms with Crippen LogP contribution in [0.4, 0.5) is 0 Å². The molecule has 13 nitrogen and oxygen atoms in total. The third kappa shape index (κ3) is 18.0. The number of carbonyl (C=O) groups is 7. The Labute approximate surface area is 271 Å². The number of thioether (sulfide) groups is 2. The number of nitrogens with one attached hydrogen (secondary N) is 3. The molecule has 6 unspecified atom stereocenters. The first-order valence-electron chi connectivity index (χ1n) is 15.0. The van der Waals surface area contributed by atoms with Crippen LogP contribution < -0.4 is 16.0 Å². The predicted octanol–water partition coefficient (Wildman–Crippen LogP) is 0.458. The van der Waals surface area contributed by atoms with Crippen LogP contribution >= 0.6 is 32.8 Å². The molecule has 3 N–H and O–H groups in total. The van der Waals surface area contributed by atoms with Crippen LogP contribution in [0.3, 0.4) is 0 Å². The zero-order chi connectivity index (χ0) is 33.8. The highest BCUT2D eigenvalue weighted by Gasteiger charge is 2.34. The lowest BCUT2D eigenvalue weighted by atomic mass is 9.99.